The Bertz CT molecular complexity index is 445. The Morgan fingerprint density at radius 3 is 2.65 bits per heavy atom. The van der Waals surface area contributed by atoms with Crippen LogP contribution in [0.1, 0.15) is 38.1 Å². The highest BCUT2D eigenvalue weighted by atomic mass is 79.9. The van der Waals surface area contributed by atoms with Crippen LogP contribution in [0.4, 0.5) is 0 Å². The van der Waals surface area contributed by atoms with E-state index in [1.54, 1.807) is 0 Å². The molecule has 1 fully saturated rings. The number of halogens is 1. The lowest BCUT2D eigenvalue weighted by Crippen LogP contribution is -2.48. The monoisotopic (exact) mass is 344 g/mol. The predicted octanol–water partition coefficient (Wildman–Crippen LogP) is 1.93. The molecule has 0 aliphatic heterocycles. The smallest absolute Gasteiger partial charge is 0.0773 e. The number of aromatic nitrogens is 2. The molecule has 2 atom stereocenters. The number of nitrogens with zero attached hydrogens (tertiary/aromatic N) is 2. The topological polar surface area (TPSA) is 65.1 Å². The number of rotatable bonds is 8. The zero-order chi connectivity index (χ0) is 14.7. The molecule has 0 radical (unpaired) electrons. The van der Waals surface area contributed by atoms with Crippen molar-refractivity contribution in [3.05, 3.63) is 15.9 Å². The highest BCUT2D eigenvalue weighted by Crippen LogP contribution is 2.37. The fourth-order valence-corrected chi connectivity index (χ4v) is 3.50. The van der Waals surface area contributed by atoms with Gasteiger partial charge in [0.1, 0.15) is 0 Å². The van der Waals surface area contributed by atoms with E-state index >= 15 is 0 Å². The van der Waals surface area contributed by atoms with Crippen LogP contribution >= 0.6 is 15.9 Å². The molecule has 0 spiro atoms. The molecule has 5 nitrogen and oxygen atoms in total. The Balaban J connectivity index is 2.14. The van der Waals surface area contributed by atoms with Gasteiger partial charge in [-0.05, 0) is 48.0 Å². The zero-order valence-electron chi connectivity index (χ0n) is 12.5. The Kier molecular flexibility index (Phi) is 5.60. The van der Waals surface area contributed by atoms with Gasteiger partial charge in [-0.3, -0.25) is 16.0 Å². The van der Waals surface area contributed by atoms with Crippen LogP contribution in [0, 0.1) is 5.92 Å². The molecule has 1 aromatic heterocycles. The highest BCUT2D eigenvalue weighted by molar-refractivity contribution is 9.10. The van der Waals surface area contributed by atoms with Gasteiger partial charge in [-0.25, -0.2) is 0 Å². The Morgan fingerprint density at radius 2 is 2.20 bits per heavy atom. The van der Waals surface area contributed by atoms with E-state index in [9.17, 15) is 0 Å². The number of nitrogens with two attached hydrogens (primary N) is 1. The van der Waals surface area contributed by atoms with Crippen LogP contribution in [0.2, 0.25) is 0 Å². The summed E-state index contributed by atoms with van der Waals surface area (Å²) in [7, 11) is 1.99. The first-order valence-corrected chi connectivity index (χ1v) is 8.19. The third-order valence-electron chi connectivity index (χ3n) is 3.97. The molecule has 1 aliphatic rings. The van der Waals surface area contributed by atoms with Crippen molar-refractivity contribution in [2.24, 2.45) is 18.8 Å². The largest absolute Gasteiger partial charge is 0.377 e. The lowest BCUT2D eigenvalue weighted by molar-refractivity contribution is 0.0187. The lowest BCUT2D eigenvalue weighted by Gasteiger charge is -2.26. The van der Waals surface area contributed by atoms with E-state index in [0.29, 0.717) is 5.92 Å². The Labute approximate surface area is 129 Å². The first kappa shape index (κ1) is 15.9. The van der Waals surface area contributed by atoms with Crippen LogP contribution < -0.4 is 11.3 Å². The van der Waals surface area contributed by atoms with Gasteiger partial charge in [0.05, 0.1) is 28.0 Å². The van der Waals surface area contributed by atoms with E-state index in [1.807, 2.05) is 18.7 Å². The summed E-state index contributed by atoms with van der Waals surface area (Å²) < 4.78 is 8.97. The van der Waals surface area contributed by atoms with Crippen LogP contribution in [-0.2, 0) is 24.6 Å². The molecule has 1 aromatic rings. The minimum atomic E-state index is 0.124. The van der Waals surface area contributed by atoms with Crippen LogP contribution in [0.5, 0.6) is 0 Å². The fraction of sp³-hybridized carbons (Fsp3) is 0.786. The molecule has 2 rings (SSSR count). The second kappa shape index (κ2) is 7.02. The maximum Gasteiger partial charge on any atom is 0.0773 e. The summed E-state index contributed by atoms with van der Waals surface area (Å²) in [4.78, 5) is 0. The van der Waals surface area contributed by atoms with Gasteiger partial charge in [0.15, 0.2) is 0 Å². The normalized spacial score (nSPS) is 18.2. The molecule has 0 amide bonds. The molecule has 1 aliphatic carbocycles. The van der Waals surface area contributed by atoms with Crippen molar-refractivity contribution in [3.8, 4) is 0 Å². The lowest BCUT2D eigenvalue weighted by atomic mass is 10.0. The minimum absolute atomic E-state index is 0.124. The van der Waals surface area contributed by atoms with Crippen LogP contribution in [0.15, 0.2) is 4.47 Å². The van der Waals surface area contributed by atoms with Gasteiger partial charge in [0.2, 0.25) is 0 Å². The molecule has 114 valence electrons. The molecule has 0 saturated heterocycles. The number of hydrogen-bond acceptors (Lipinski definition) is 4. The third-order valence-corrected chi connectivity index (χ3v) is 4.89. The van der Waals surface area contributed by atoms with E-state index in [0.717, 1.165) is 29.6 Å². The number of hydrogen-bond donors (Lipinski definition) is 2. The van der Waals surface area contributed by atoms with Crippen LogP contribution in [0.25, 0.3) is 0 Å². The summed E-state index contributed by atoms with van der Waals surface area (Å²) in [6.07, 6.45) is 4.43. The maximum atomic E-state index is 5.92. The Morgan fingerprint density at radius 1 is 1.50 bits per heavy atom. The summed E-state index contributed by atoms with van der Waals surface area (Å²) in [6, 6.07) is 0.124. The van der Waals surface area contributed by atoms with E-state index in [4.69, 9.17) is 10.6 Å². The van der Waals surface area contributed by atoms with Crippen molar-refractivity contribution in [1.29, 1.82) is 0 Å². The van der Waals surface area contributed by atoms with E-state index in [1.165, 1.54) is 18.5 Å². The van der Waals surface area contributed by atoms with Gasteiger partial charge in [0, 0.05) is 20.1 Å². The van der Waals surface area contributed by atoms with Crippen molar-refractivity contribution < 1.29 is 4.74 Å². The van der Waals surface area contributed by atoms with E-state index in [2.05, 4.69) is 33.4 Å². The average Bonchev–Trinajstić information content (AvgIpc) is 3.24. The van der Waals surface area contributed by atoms with Gasteiger partial charge in [-0.1, -0.05) is 6.92 Å². The fourth-order valence-electron chi connectivity index (χ4n) is 2.72. The molecule has 1 saturated carbocycles. The molecule has 6 heteroatoms. The maximum absolute atomic E-state index is 5.92. The molecule has 0 aromatic carbocycles. The zero-order valence-corrected chi connectivity index (χ0v) is 14.1. The van der Waals surface area contributed by atoms with Gasteiger partial charge in [0.25, 0.3) is 0 Å². The van der Waals surface area contributed by atoms with Crippen molar-refractivity contribution >= 4 is 15.9 Å². The van der Waals surface area contributed by atoms with Gasteiger partial charge in [-0.2, -0.15) is 5.10 Å². The van der Waals surface area contributed by atoms with Crippen molar-refractivity contribution in [2.75, 3.05) is 6.61 Å². The van der Waals surface area contributed by atoms with E-state index in [-0.39, 0.29) is 12.1 Å². The molecule has 0 bridgehead atoms. The molecule has 2 unspecified atom stereocenters. The van der Waals surface area contributed by atoms with Gasteiger partial charge >= 0.3 is 0 Å². The number of nitrogens with one attached hydrogen (secondary N) is 1. The average molecular weight is 345 g/mol. The van der Waals surface area contributed by atoms with Crippen LogP contribution in [-0.4, -0.2) is 28.5 Å². The second-order valence-corrected chi connectivity index (χ2v) is 6.21. The summed E-state index contributed by atoms with van der Waals surface area (Å²) >= 11 is 3.67. The summed E-state index contributed by atoms with van der Waals surface area (Å²) in [5.74, 6) is 6.43. The first-order chi connectivity index (χ1) is 9.62. The highest BCUT2D eigenvalue weighted by Gasteiger charge is 2.37. The summed E-state index contributed by atoms with van der Waals surface area (Å²) in [5.41, 5.74) is 5.22. The van der Waals surface area contributed by atoms with Crippen molar-refractivity contribution in [2.45, 2.75) is 51.7 Å². The first-order valence-electron chi connectivity index (χ1n) is 7.40. The van der Waals surface area contributed by atoms with Gasteiger partial charge in [-0.15, -0.1) is 0 Å². The number of aryl methyl sites for hydroxylation is 2. The van der Waals surface area contributed by atoms with E-state index < -0.39 is 0 Å². The number of ether oxygens (including phenoxy) is 1. The van der Waals surface area contributed by atoms with Crippen molar-refractivity contribution in [1.82, 2.24) is 15.2 Å². The predicted molar refractivity (Wildman–Crippen MR) is 83.2 cm³/mol. The Hall–Kier alpha value is -0.430. The van der Waals surface area contributed by atoms with Gasteiger partial charge < -0.3 is 4.74 Å². The minimum Gasteiger partial charge on any atom is -0.377 e. The molecule has 20 heavy (non-hydrogen) atoms. The summed E-state index contributed by atoms with van der Waals surface area (Å²) in [5, 5.41) is 4.54. The number of hydrazine groups is 1. The van der Waals surface area contributed by atoms with Crippen molar-refractivity contribution in [3.63, 3.8) is 0 Å². The second-order valence-electron chi connectivity index (χ2n) is 5.42. The summed E-state index contributed by atoms with van der Waals surface area (Å²) in [6.45, 7) is 4.88. The quantitative estimate of drug-likeness (QED) is 0.558. The SMILES string of the molecule is CCOC(C1CC1)C(Cc1c(Br)c(CC)nn1C)NN. The van der Waals surface area contributed by atoms with Crippen LogP contribution in [0.3, 0.4) is 0 Å². The molecular weight excluding hydrogens is 320 g/mol. The molecular formula is C14H25BrN4O. The molecule has 3 N–H and O–H groups in total. The standard InChI is InChI=1S/C14H25BrN4O/c1-4-10-13(15)12(19(3)18-10)8-11(17-16)14(20-5-2)9-6-7-9/h9,11,14,17H,4-8,16H2,1-3H3. The molecule has 1 heterocycles. The third kappa shape index (κ3) is 3.42.